The predicted octanol–water partition coefficient (Wildman–Crippen LogP) is 1.23. The summed E-state index contributed by atoms with van der Waals surface area (Å²) in [5.41, 5.74) is 0. The molecule has 0 amide bonds. The number of carbonyl (C=O) groups excluding carboxylic acids is 1. The van der Waals surface area contributed by atoms with Crippen LogP contribution in [0.15, 0.2) is 0 Å². The van der Waals surface area contributed by atoms with Gasteiger partial charge in [-0.2, -0.15) is 0 Å². The number of ketones is 1. The van der Waals surface area contributed by atoms with Crippen molar-refractivity contribution in [3.8, 4) is 0 Å². The smallest absolute Gasteiger partial charge is 0.137 e. The molecule has 0 aromatic heterocycles. The molecule has 0 aromatic rings. The van der Waals surface area contributed by atoms with Gasteiger partial charge in [-0.05, 0) is 32.2 Å². The summed E-state index contributed by atoms with van der Waals surface area (Å²) in [6.07, 6.45) is 5.78. The molecule has 0 aromatic carbocycles. The molecule has 3 unspecified atom stereocenters. The second-order valence-corrected chi connectivity index (χ2v) is 6.24. The zero-order chi connectivity index (χ0) is 15.1. The summed E-state index contributed by atoms with van der Waals surface area (Å²) in [5, 5.41) is 10.1. The van der Waals surface area contributed by atoms with Crippen LogP contribution in [0.1, 0.15) is 38.5 Å². The molecule has 2 fully saturated rings. The Morgan fingerprint density at radius 2 is 2.14 bits per heavy atom. The van der Waals surface area contributed by atoms with Crippen molar-refractivity contribution in [2.24, 2.45) is 5.92 Å². The molecule has 1 heterocycles. The Balaban J connectivity index is 1.79. The second kappa shape index (κ2) is 8.83. The summed E-state index contributed by atoms with van der Waals surface area (Å²) in [6.45, 7) is 3.00. The van der Waals surface area contributed by atoms with Gasteiger partial charge in [-0.15, -0.1) is 0 Å². The van der Waals surface area contributed by atoms with Crippen LogP contribution in [0.2, 0.25) is 0 Å². The Morgan fingerprint density at radius 3 is 2.86 bits per heavy atom. The van der Waals surface area contributed by atoms with E-state index in [1.807, 2.05) is 0 Å². The molecule has 1 aliphatic carbocycles. The van der Waals surface area contributed by atoms with Crippen molar-refractivity contribution in [1.29, 1.82) is 0 Å². The number of likely N-dealkylation sites (tertiary alicyclic amines) is 1. The standard InChI is InChI=1S/C16H29NO4/c1-20-9-10-21-12-13(18)11-17-8-3-2-6-15(17)14-5-4-7-16(14)19/h13-15,18H,2-12H2,1H3. The third kappa shape index (κ3) is 5.02. The minimum absolute atomic E-state index is 0.201. The van der Waals surface area contributed by atoms with Crippen molar-refractivity contribution >= 4 is 5.78 Å². The molecule has 1 saturated heterocycles. The average molecular weight is 299 g/mol. The highest BCUT2D eigenvalue weighted by Gasteiger charge is 2.37. The first kappa shape index (κ1) is 16.9. The lowest BCUT2D eigenvalue weighted by molar-refractivity contribution is -0.123. The van der Waals surface area contributed by atoms with Crippen LogP contribution >= 0.6 is 0 Å². The van der Waals surface area contributed by atoms with Gasteiger partial charge in [0.25, 0.3) is 0 Å². The monoisotopic (exact) mass is 299 g/mol. The van der Waals surface area contributed by atoms with Crippen molar-refractivity contribution in [2.45, 2.75) is 50.7 Å². The van der Waals surface area contributed by atoms with Crippen LogP contribution in [0.5, 0.6) is 0 Å². The zero-order valence-electron chi connectivity index (χ0n) is 13.1. The Labute approximate surface area is 127 Å². The molecule has 5 nitrogen and oxygen atoms in total. The fourth-order valence-corrected chi connectivity index (χ4v) is 3.63. The number of rotatable bonds is 8. The quantitative estimate of drug-likeness (QED) is 0.683. The van der Waals surface area contributed by atoms with E-state index in [1.165, 1.54) is 6.42 Å². The van der Waals surface area contributed by atoms with Crippen LogP contribution in [0.3, 0.4) is 0 Å². The number of β-amino-alcohol motifs (C(OH)–C–C–N with tert-alkyl or cyclic N) is 1. The number of methoxy groups -OCH3 is 1. The van der Waals surface area contributed by atoms with E-state index < -0.39 is 6.10 Å². The van der Waals surface area contributed by atoms with Gasteiger partial charge in [-0.1, -0.05) is 6.42 Å². The number of hydrogen-bond donors (Lipinski definition) is 1. The van der Waals surface area contributed by atoms with Crippen molar-refractivity contribution in [2.75, 3.05) is 40.0 Å². The summed E-state index contributed by atoms with van der Waals surface area (Å²) in [4.78, 5) is 14.3. The van der Waals surface area contributed by atoms with E-state index in [4.69, 9.17) is 9.47 Å². The summed E-state index contributed by atoms with van der Waals surface area (Å²) in [5.74, 6) is 0.629. The van der Waals surface area contributed by atoms with Gasteiger partial charge in [-0.3, -0.25) is 9.69 Å². The molecule has 5 heteroatoms. The first-order chi connectivity index (χ1) is 10.2. The van der Waals surface area contributed by atoms with Gasteiger partial charge in [0, 0.05) is 32.0 Å². The molecule has 0 bridgehead atoms. The van der Waals surface area contributed by atoms with Gasteiger partial charge in [0.2, 0.25) is 0 Å². The van der Waals surface area contributed by atoms with E-state index in [0.29, 0.717) is 38.2 Å². The summed E-state index contributed by atoms with van der Waals surface area (Å²) >= 11 is 0. The van der Waals surface area contributed by atoms with E-state index in [0.717, 1.165) is 38.6 Å². The fraction of sp³-hybridized carbons (Fsp3) is 0.938. The Bertz CT molecular complexity index is 323. The van der Waals surface area contributed by atoms with Gasteiger partial charge in [0.05, 0.1) is 25.9 Å². The normalized spacial score (nSPS) is 29.0. The molecule has 1 N–H and O–H groups in total. The maximum Gasteiger partial charge on any atom is 0.137 e. The number of nitrogens with zero attached hydrogens (tertiary/aromatic N) is 1. The highest BCUT2D eigenvalue weighted by Crippen LogP contribution is 2.32. The van der Waals surface area contributed by atoms with Gasteiger partial charge >= 0.3 is 0 Å². The Morgan fingerprint density at radius 1 is 1.29 bits per heavy atom. The number of carbonyl (C=O) groups is 1. The first-order valence-electron chi connectivity index (χ1n) is 8.24. The third-order valence-electron chi connectivity index (χ3n) is 4.67. The number of Topliss-reactive ketones (excluding diaryl/α,β-unsaturated/α-hetero) is 1. The summed E-state index contributed by atoms with van der Waals surface area (Å²) in [7, 11) is 1.64. The lowest BCUT2D eigenvalue weighted by atomic mass is 9.88. The highest BCUT2D eigenvalue weighted by atomic mass is 16.5. The Hall–Kier alpha value is -0.490. The third-order valence-corrected chi connectivity index (χ3v) is 4.67. The highest BCUT2D eigenvalue weighted by molar-refractivity contribution is 5.83. The van der Waals surface area contributed by atoms with Crippen LogP contribution in [0.4, 0.5) is 0 Å². The van der Waals surface area contributed by atoms with Gasteiger partial charge in [0.1, 0.15) is 5.78 Å². The van der Waals surface area contributed by atoms with Gasteiger partial charge in [-0.25, -0.2) is 0 Å². The summed E-state index contributed by atoms with van der Waals surface area (Å²) in [6, 6.07) is 0.336. The number of aliphatic hydroxyl groups excluding tert-OH is 1. The molecule has 2 aliphatic rings. The molecule has 21 heavy (non-hydrogen) atoms. The Kier molecular flexibility index (Phi) is 7.10. The van der Waals surface area contributed by atoms with E-state index in [-0.39, 0.29) is 5.92 Å². The molecule has 0 spiro atoms. The molecular weight excluding hydrogens is 270 g/mol. The SMILES string of the molecule is COCCOCC(O)CN1CCCCC1C1CCCC1=O. The summed E-state index contributed by atoms with van der Waals surface area (Å²) < 4.78 is 10.3. The molecule has 1 aliphatic heterocycles. The van der Waals surface area contributed by atoms with Gasteiger partial charge in [0.15, 0.2) is 0 Å². The number of piperidine rings is 1. The van der Waals surface area contributed by atoms with Crippen molar-refractivity contribution in [1.82, 2.24) is 4.90 Å². The molecule has 122 valence electrons. The number of aliphatic hydroxyl groups is 1. The van der Waals surface area contributed by atoms with E-state index in [2.05, 4.69) is 4.90 Å². The number of hydrogen-bond acceptors (Lipinski definition) is 5. The largest absolute Gasteiger partial charge is 0.389 e. The molecule has 0 radical (unpaired) electrons. The van der Waals surface area contributed by atoms with Crippen molar-refractivity contribution in [3.05, 3.63) is 0 Å². The minimum atomic E-state index is -0.487. The predicted molar refractivity (Wildman–Crippen MR) is 80.3 cm³/mol. The maximum atomic E-state index is 12.0. The fourth-order valence-electron chi connectivity index (χ4n) is 3.63. The van der Waals surface area contributed by atoms with Crippen LogP contribution in [0, 0.1) is 5.92 Å². The van der Waals surface area contributed by atoms with Crippen LogP contribution in [0.25, 0.3) is 0 Å². The lowest BCUT2D eigenvalue weighted by Crippen LogP contribution is -2.49. The van der Waals surface area contributed by atoms with Crippen molar-refractivity contribution in [3.63, 3.8) is 0 Å². The van der Waals surface area contributed by atoms with Crippen molar-refractivity contribution < 1.29 is 19.4 Å². The van der Waals surface area contributed by atoms with E-state index >= 15 is 0 Å². The van der Waals surface area contributed by atoms with E-state index in [9.17, 15) is 9.90 Å². The lowest BCUT2D eigenvalue weighted by Gasteiger charge is -2.39. The second-order valence-electron chi connectivity index (χ2n) is 6.24. The average Bonchev–Trinajstić information content (AvgIpc) is 2.90. The van der Waals surface area contributed by atoms with Crippen LogP contribution in [-0.4, -0.2) is 68.0 Å². The van der Waals surface area contributed by atoms with Crippen LogP contribution < -0.4 is 0 Å². The molecular formula is C16H29NO4. The van der Waals surface area contributed by atoms with Gasteiger partial charge < -0.3 is 14.6 Å². The van der Waals surface area contributed by atoms with E-state index in [1.54, 1.807) is 7.11 Å². The topological polar surface area (TPSA) is 59.0 Å². The molecule has 3 atom stereocenters. The zero-order valence-corrected chi connectivity index (χ0v) is 13.1. The van der Waals surface area contributed by atoms with Crippen LogP contribution in [-0.2, 0) is 14.3 Å². The molecule has 1 saturated carbocycles. The maximum absolute atomic E-state index is 12.0. The minimum Gasteiger partial charge on any atom is -0.389 e. The first-order valence-corrected chi connectivity index (χ1v) is 8.24. The molecule has 2 rings (SSSR count). The number of ether oxygens (including phenoxy) is 2.